The van der Waals surface area contributed by atoms with Gasteiger partial charge in [-0.25, -0.2) is 0 Å². The second-order valence-electron chi connectivity index (χ2n) is 4.77. The van der Waals surface area contributed by atoms with Gasteiger partial charge in [0, 0.05) is 25.7 Å². The summed E-state index contributed by atoms with van der Waals surface area (Å²) in [6.45, 7) is 9.15. The fraction of sp³-hybridized carbons (Fsp3) is 1.00. The third kappa shape index (κ3) is 5.82. The summed E-state index contributed by atoms with van der Waals surface area (Å²) in [4.78, 5) is 2.41. The summed E-state index contributed by atoms with van der Waals surface area (Å²) in [5.74, 6) is 0. The number of nitrogens with zero attached hydrogens (tertiary/aromatic N) is 1. The predicted molar refractivity (Wildman–Crippen MR) is 70.3 cm³/mol. The van der Waals surface area contributed by atoms with Gasteiger partial charge in [0.1, 0.15) is 0 Å². The molecule has 0 bridgehead atoms. The van der Waals surface area contributed by atoms with Crippen molar-refractivity contribution < 1.29 is 9.84 Å². The molecular weight excluding hydrogens is 216 g/mol. The highest BCUT2D eigenvalue weighted by Gasteiger charge is 2.23. The van der Waals surface area contributed by atoms with Crippen LogP contribution in [-0.4, -0.2) is 61.5 Å². The summed E-state index contributed by atoms with van der Waals surface area (Å²) in [6.07, 6.45) is 3.46. The van der Waals surface area contributed by atoms with E-state index in [1.54, 1.807) is 0 Å². The van der Waals surface area contributed by atoms with Crippen molar-refractivity contribution in [2.45, 2.75) is 45.3 Å². The molecule has 0 saturated carbocycles. The zero-order valence-corrected chi connectivity index (χ0v) is 11.3. The van der Waals surface area contributed by atoms with E-state index in [9.17, 15) is 5.11 Å². The van der Waals surface area contributed by atoms with Crippen molar-refractivity contribution in [2.24, 2.45) is 0 Å². The van der Waals surface area contributed by atoms with Crippen molar-refractivity contribution >= 4 is 0 Å². The molecule has 1 aliphatic rings. The maximum atomic E-state index is 9.89. The smallest absolute Gasteiger partial charge is 0.0900 e. The average molecular weight is 244 g/mol. The van der Waals surface area contributed by atoms with Crippen LogP contribution >= 0.6 is 0 Å². The maximum absolute atomic E-state index is 9.89. The summed E-state index contributed by atoms with van der Waals surface area (Å²) in [5, 5.41) is 13.3. The third-order valence-corrected chi connectivity index (χ3v) is 3.34. The van der Waals surface area contributed by atoms with Gasteiger partial charge in [0.2, 0.25) is 0 Å². The zero-order valence-electron chi connectivity index (χ0n) is 11.3. The molecule has 1 rings (SSSR count). The first kappa shape index (κ1) is 14.9. The number of hydrogen-bond acceptors (Lipinski definition) is 4. The first-order valence-corrected chi connectivity index (χ1v) is 6.98. The average Bonchev–Trinajstić information content (AvgIpc) is 2.35. The summed E-state index contributed by atoms with van der Waals surface area (Å²) < 4.78 is 5.26. The van der Waals surface area contributed by atoms with Gasteiger partial charge in [-0.1, -0.05) is 13.3 Å². The van der Waals surface area contributed by atoms with Crippen LogP contribution in [0.4, 0.5) is 0 Å². The summed E-state index contributed by atoms with van der Waals surface area (Å²) >= 11 is 0. The Morgan fingerprint density at radius 2 is 2.24 bits per heavy atom. The number of β-amino-alcohol motifs (C(OH)–C–C–N with tert-alkyl or cyclic N) is 1. The first-order valence-electron chi connectivity index (χ1n) is 6.98. The topological polar surface area (TPSA) is 44.7 Å². The van der Waals surface area contributed by atoms with E-state index >= 15 is 0 Å². The Kier molecular flexibility index (Phi) is 7.77. The molecule has 0 radical (unpaired) electrons. The van der Waals surface area contributed by atoms with Crippen molar-refractivity contribution in [1.29, 1.82) is 0 Å². The Morgan fingerprint density at radius 3 is 2.94 bits per heavy atom. The van der Waals surface area contributed by atoms with E-state index in [2.05, 4.69) is 17.1 Å². The Balaban J connectivity index is 2.30. The molecule has 0 spiro atoms. The Bertz CT molecular complexity index is 190. The monoisotopic (exact) mass is 244 g/mol. The molecule has 2 N–H and O–H groups in total. The largest absolute Gasteiger partial charge is 0.389 e. The first-order chi connectivity index (χ1) is 8.27. The maximum Gasteiger partial charge on any atom is 0.0900 e. The van der Waals surface area contributed by atoms with Gasteiger partial charge in [-0.05, 0) is 32.9 Å². The molecule has 17 heavy (non-hydrogen) atoms. The number of aliphatic hydroxyl groups excluding tert-OH is 1. The van der Waals surface area contributed by atoms with Crippen molar-refractivity contribution in [3.63, 3.8) is 0 Å². The SMILES string of the molecule is CCNCC1CCCCN1CC(O)COCC. The molecule has 0 aromatic rings. The number of hydrogen-bond donors (Lipinski definition) is 2. The van der Waals surface area contributed by atoms with Crippen molar-refractivity contribution in [3.8, 4) is 0 Å². The number of likely N-dealkylation sites (N-methyl/N-ethyl adjacent to an activating group) is 1. The van der Waals surface area contributed by atoms with Crippen LogP contribution in [0.3, 0.4) is 0 Å². The van der Waals surface area contributed by atoms with Gasteiger partial charge >= 0.3 is 0 Å². The minimum atomic E-state index is -0.350. The summed E-state index contributed by atoms with van der Waals surface area (Å²) in [7, 11) is 0. The Hall–Kier alpha value is -0.160. The summed E-state index contributed by atoms with van der Waals surface area (Å²) in [5.41, 5.74) is 0. The number of nitrogens with one attached hydrogen (secondary N) is 1. The van der Waals surface area contributed by atoms with Gasteiger partial charge in [-0.2, -0.15) is 0 Å². The molecule has 1 fully saturated rings. The van der Waals surface area contributed by atoms with E-state index in [-0.39, 0.29) is 6.10 Å². The lowest BCUT2D eigenvalue weighted by Crippen LogP contribution is -2.49. The van der Waals surface area contributed by atoms with Crippen molar-refractivity contribution in [3.05, 3.63) is 0 Å². The van der Waals surface area contributed by atoms with E-state index in [0.29, 0.717) is 19.3 Å². The predicted octanol–water partition coefficient (Wildman–Crippen LogP) is 0.848. The molecule has 4 heteroatoms. The standard InChI is InChI=1S/C13H28N2O2/c1-3-14-9-12-7-5-6-8-15(12)10-13(16)11-17-4-2/h12-14,16H,3-11H2,1-2H3. The van der Waals surface area contributed by atoms with Gasteiger partial charge < -0.3 is 15.2 Å². The number of ether oxygens (including phenoxy) is 1. The molecule has 0 aromatic carbocycles. The Labute approximate surface area is 105 Å². The van der Waals surface area contributed by atoms with Crippen molar-refractivity contribution in [1.82, 2.24) is 10.2 Å². The van der Waals surface area contributed by atoms with Gasteiger partial charge in [-0.3, -0.25) is 4.90 Å². The molecule has 1 heterocycles. The van der Waals surface area contributed by atoms with Crippen LogP contribution in [-0.2, 0) is 4.74 Å². The molecule has 0 aromatic heterocycles. The van der Waals surface area contributed by atoms with Crippen LogP contribution in [0.5, 0.6) is 0 Å². The van der Waals surface area contributed by atoms with Crippen LogP contribution in [0.1, 0.15) is 33.1 Å². The highest BCUT2D eigenvalue weighted by molar-refractivity contribution is 4.80. The van der Waals surface area contributed by atoms with Crippen LogP contribution < -0.4 is 5.32 Å². The molecule has 2 unspecified atom stereocenters. The van der Waals surface area contributed by atoms with Crippen LogP contribution in [0.25, 0.3) is 0 Å². The molecule has 1 aliphatic heterocycles. The second kappa shape index (κ2) is 8.86. The van der Waals surface area contributed by atoms with E-state index < -0.39 is 0 Å². The zero-order chi connectivity index (χ0) is 12.5. The number of aliphatic hydroxyl groups is 1. The van der Waals surface area contributed by atoms with Gasteiger partial charge in [0.15, 0.2) is 0 Å². The van der Waals surface area contributed by atoms with E-state index in [4.69, 9.17) is 4.74 Å². The molecular formula is C13H28N2O2. The fourth-order valence-electron chi connectivity index (χ4n) is 2.42. The summed E-state index contributed by atoms with van der Waals surface area (Å²) in [6, 6.07) is 0.583. The lowest BCUT2D eigenvalue weighted by atomic mass is 10.0. The molecule has 4 nitrogen and oxygen atoms in total. The molecule has 102 valence electrons. The van der Waals surface area contributed by atoms with Crippen LogP contribution in [0, 0.1) is 0 Å². The van der Waals surface area contributed by atoms with Gasteiger partial charge in [0.05, 0.1) is 12.7 Å². The third-order valence-electron chi connectivity index (χ3n) is 3.34. The molecule has 1 saturated heterocycles. The lowest BCUT2D eigenvalue weighted by Gasteiger charge is -2.37. The fourth-order valence-corrected chi connectivity index (χ4v) is 2.42. The number of rotatable bonds is 8. The number of piperidine rings is 1. The van der Waals surface area contributed by atoms with E-state index in [0.717, 1.165) is 26.2 Å². The second-order valence-corrected chi connectivity index (χ2v) is 4.77. The molecule has 2 atom stereocenters. The minimum absolute atomic E-state index is 0.350. The lowest BCUT2D eigenvalue weighted by molar-refractivity contribution is 0.00575. The molecule has 0 amide bonds. The highest BCUT2D eigenvalue weighted by Crippen LogP contribution is 2.16. The van der Waals surface area contributed by atoms with E-state index in [1.165, 1.54) is 19.3 Å². The van der Waals surface area contributed by atoms with Gasteiger partial charge in [0.25, 0.3) is 0 Å². The van der Waals surface area contributed by atoms with Crippen LogP contribution in [0.2, 0.25) is 0 Å². The minimum Gasteiger partial charge on any atom is -0.389 e. The van der Waals surface area contributed by atoms with Crippen LogP contribution in [0.15, 0.2) is 0 Å². The normalized spacial score (nSPS) is 23.8. The molecule has 0 aliphatic carbocycles. The highest BCUT2D eigenvalue weighted by atomic mass is 16.5. The van der Waals surface area contributed by atoms with Gasteiger partial charge in [-0.15, -0.1) is 0 Å². The quantitative estimate of drug-likeness (QED) is 0.664. The van der Waals surface area contributed by atoms with Crippen molar-refractivity contribution in [2.75, 3.05) is 39.4 Å². The Morgan fingerprint density at radius 1 is 1.41 bits per heavy atom. The van der Waals surface area contributed by atoms with E-state index in [1.807, 2.05) is 6.92 Å². The number of likely N-dealkylation sites (tertiary alicyclic amines) is 1.